The van der Waals surface area contributed by atoms with Crippen LogP contribution in [0.5, 0.6) is 5.75 Å². The molecule has 2 nitrogen and oxygen atoms in total. The smallest absolute Gasteiger partial charge is 0.127 e. The second-order valence-corrected chi connectivity index (χ2v) is 4.70. The van der Waals surface area contributed by atoms with Crippen molar-refractivity contribution in [2.45, 2.75) is 6.61 Å². The molecule has 0 atom stereocenters. The van der Waals surface area contributed by atoms with E-state index >= 15 is 0 Å². The van der Waals surface area contributed by atoms with Crippen LogP contribution in [0.15, 0.2) is 54.6 Å². The van der Waals surface area contributed by atoms with Crippen molar-refractivity contribution in [3.63, 3.8) is 0 Å². The third-order valence-corrected chi connectivity index (χ3v) is 3.43. The molecule has 1 aliphatic rings. The zero-order chi connectivity index (χ0) is 13.1. The molecule has 2 N–H and O–H groups in total. The minimum atomic E-state index is 0.639. The molecular formula is C17H18NO+. The predicted octanol–water partition coefficient (Wildman–Crippen LogP) is 2.20. The quantitative estimate of drug-likeness (QED) is 0.871. The van der Waals surface area contributed by atoms with Gasteiger partial charge in [-0.3, -0.25) is 0 Å². The summed E-state index contributed by atoms with van der Waals surface area (Å²) in [4.78, 5) is 0. The molecule has 0 unspecified atom stereocenters. The Balaban J connectivity index is 2.19. The van der Waals surface area contributed by atoms with Gasteiger partial charge in [-0.25, -0.2) is 0 Å². The fourth-order valence-electron chi connectivity index (χ4n) is 2.48. The molecular weight excluding hydrogens is 234 g/mol. The first-order valence-electron chi connectivity index (χ1n) is 6.68. The van der Waals surface area contributed by atoms with Gasteiger partial charge in [0.05, 0.1) is 13.6 Å². The van der Waals surface area contributed by atoms with E-state index in [0.29, 0.717) is 6.61 Å². The Morgan fingerprint density at radius 1 is 1.05 bits per heavy atom. The molecule has 2 heteroatoms. The molecule has 0 saturated carbocycles. The number of quaternary nitrogens is 1. The average molecular weight is 252 g/mol. The number of ether oxygens (including phenoxy) is 1. The predicted molar refractivity (Wildman–Crippen MR) is 77.0 cm³/mol. The number of fused-ring (bicyclic) bond motifs is 2. The molecule has 0 amide bonds. The van der Waals surface area contributed by atoms with Gasteiger partial charge in [-0.2, -0.15) is 0 Å². The number of para-hydroxylation sites is 1. The zero-order valence-electron chi connectivity index (χ0n) is 11.1. The lowest BCUT2D eigenvalue weighted by Crippen LogP contribution is -2.79. The molecule has 2 aromatic carbocycles. The first-order valence-corrected chi connectivity index (χ1v) is 6.68. The Kier molecular flexibility index (Phi) is 3.34. The summed E-state index contributed by atoms with van der Waals surface area (Å²) in [5.74, 6) is 0.973. The van der Waals surface area contributed by atoms with Crippen LogP contribution >= 0.6 is 0 Å². The van der Waals surface area contributed by atoms with Gasteiger partial charge >= 0.3 is 0 Å². The van der Waals surface area contributed by atoms with Crippen molar-refractivity contribution in [2.24, 2.45) is 0 Å². The molecule has 19 heavy (non-hydrogen) atoms. The fourth-order valence-corrected chi connectivity index (χ4v) is 2.48. The van der Waals surface area contributed by atoms with Gasteiger partial charge in [-0.15, -0.1) is 0 Å². The Bertz CT molecular complexity index is 567. The Morgan fingerprint density at radius 2 is 1.79 bits per heavy atom. The van der Waals surface area contributed by atoms with Gasteiger partial charge in [-0.05, 0) is 28.8 Å². The maximum absolute atomic E-state index is 5.93. The number of likely N-dealkylation sites (N-methyl/N-ethyl adjacent to an activating group) is 1. The normalized spacial score (nSPS) is 15.3. The summed E-state index contributed by atoms with van der Waals surface area (Å²) in [7, 11) is 2.09. The van der Waals surface area contributed by atoms with Crippen molar-refractivity contribution in [1.29, 1.82) is 0 Å². The molecule has 2 aromatic rings. The number of nitrogens with two attached hydrogens (primary N) is 1. The SMILES string of the molecule is C[NH2+]C/C=C1/c2ccccc2COc2ccccc21. The molecule has 1 aliphatic heterocycles. The zero-order valence-corrected chi connectivity index (χ0v) is 11.1. The van der Waals surface area contributed by atoms with E-state index in [4.69, 9.17) is 4.74 Å². The first-order chi connectivity index (χ1) is 9.40. The lowest BCUT2D eigenvalue weighted by atomic mass is 9.94. The molecule has 0 fully saturated rings. The van der Waals surface area contributed by atoms with Crippen molar-refractivity contribution < 1.29 is 10.1 Å². The molecule has 0 aromatic heterocycles. The van der Waals surface area contributed by atoms with Crippen LogP contribution in [0.1, 0.15) is 16.7 Å². The standard InChI is InChI=1S/C17H17NO/c1-18-11-10-15-14-7-3-2-6-13(14)12-19-17-9-5-4-8-16(15)17/h2-10,18H,11-12H2,1H3/p+1/b15-10-. The van der Waals surface area contributed by atoms with E-state index in [-0.39, 0.29) is 0 Å². The van der Waals surface area contributed by atoms with Crippen LogP contribution in [0.4, 0.5) is 0 Å². The van der Waals surface area contributed by atoms with Gasteiger partial charge in [0.25, 0.3) is 0 Å². The molecule has 1 heterocycles. The van der Waals surface area contributed by atoms with Crippen molar-refractivity contribution in [3.05, 3.63) is 71.3 Å². The highest BCUT2D eigenvalue weighted by atomic mass is 16.5. The van der Waals surface area contributed by atoms with E-state index < -0.39 is 0 Å². The van der Waals surface area contributed by atoms with Crippen LogP contribution in [0.2, 0.25) is 0 Å². The highest BCUT2D eigenvalue weighted by molar-refractivity contribution is 5.84. The van der Waals surface area contributed by atoms with Gasteiger partial charge in [0.15, 0.2) is 0 Å². The highest BCUT2D eigenvalue weighted by Gasteiger charge is 2.18. The molecule has 96 valence electrons. The molecule has 0 spiro atoms. The van der Waals surface area contributed by atoms with E-state index in [1.807, 2.05) is 12.1 Å². The maximum atomic E-state index is 5.93. The minimum Gasteiger partial charge on any atom is -0.488 e. The van der Waals surface area contributed by atoms with Crippen molar-refractivity contribution in [2.75, 3.05) is 13.6 Å². The van der Waals surface area contributed by atoms with Gasteiger partial charge < -0.3 is 10.1 Å². The first kappa shape index (κ1) is 12.0. The van der Waals surface area contributed by atoms with Crippen LogP contribution in [0, 0.1) is 0 Å². The van der Waals surface area contributed by atoms with Gasteiger partial charge in [-0.1, -0.05) is 42.5 Å². The van der Waals surface area contributed by atoms with Crippen LogP contribution in [0.3, 0.4) is 0 Å². The summed E-state index contributed by atoms with van der Waals surface area (Å²) < 4.78 is 5.93. The third-order valence-electron chi connectivity index (χ3n) is 3.43. The number of rotatable bonds is 2. The summed E-state index contributed by atoms with van der Waals surface area (Å²) in [6, 6.07) is 16.8. The summed E-state index contributed by atoms with van der Waals surface area (Å²) in [5.41, 5.74) is 5.01. The molecule has 0 radical (unpaired) electrons. The van der Waals surface area contributed by atoms with E-state index in [0.717, 1.165) is 12.3 Å². The number of hydrogen-bond donors (Lipinski definition) is 1. The van der Waals surface area contributed by atoms with E-state index in [9.17, 15) is 0 Å². The Hall–Kier alpha value is -2.06. The van der Waals surface area contributed by atoms with Gasteiger partial charge in [0.2, 0.25) is 0 Å². The number of hydrogen-bond acceptors (Lipinski definition) is 1. The van der Waals surface area contributed by atoms with Crippen LogP contribution < -0.4 is 10.1 Å². The summed E-state index contributed by atoms with van der Waals surface area (Å²) in [5, 5.41) is 2.17. The highest BCUT2D eigenvalue weighted by Crippen LogP contribution is 2.36. The number of benzene rings is 2. The van der Waals surface area contributed by atoms with E-state index in [1.165, 1.54) is 22.3 Å². The topological polar surface area (TPSA) is 25.8 Å². The van der Waals surface area contributed by atoms with Gasteiger partial charge in [0.1, 0.15) is 12.4 Å². The second kappa shape index (κ2) is 5.29. The minimum absolute atomic E-state index is 0.639. The van der Waals surface area contributed by atoms with Crippen molar-refractivity contribution in [3.8, 4) is 5.75 Å². The van der Waals surface area contributed by atoms with E-state index in [1.54, 1.807) is 0 Å². The Labute approximate surface area is 113 Å². The third kappa shape index (κ3) is 2.27. The van der Waals surface area contributed by atoms with Crippen LogP contribution in [-0.2, 0) is 6.61 Å². The Morgan fingerprint density at radius 3 is 2.63 bits per heavy atom. The molecule has 3 rings (SSSR count). The van der Waals surface area contributed by atoms with Crippen molar-refractivity contribution >= 4 is 5.57 Å². The molecule has 0 bridgehead atoms. The van der Waals surface area contributed by atoms with E-state index in [2.05, 4.69) is 54.8 Å². The largest absolute Gasteiger partial charge is 0.488 e. The van der Waals surface area contributed by atoms with Crippen LogP contribution in [0.25, 0.3) is 5.57 Å². The summed E-state index contributed by atoms with van der Waals surface area (Å²) >= 11 is 0. The molecule has 0 aliphatic carbocycles. The van der Waals surface area contributed by atoms with Crippen molar-refractivity contribution in [1.82, 2.24) is 0 Å². The lowest BCUT2D eigenvalue weighted by Gasteiger charge is -2.09. The average Bonchev–Trinajstić information content (AvgIpc) is 2.62. The summed E-state index contributed by atoms with van der Waals surface area (Å²) in [6.45, 7) is 1.61. The van der Waals surface area contributed by atoms with Crippen LogP contribution in [-0.4, -0.2) is 13.6 Å². The monoisotopic (exact) mass is 252 g/mol. The van der Waals surface area contributed by atoms with Gasteiger partial charge in [0, 0.05) is 5.56 Å². The fraction of sp³-hybridized carbons (Fsp3) is 0.176. The second-order valence-electron chi connectivity index (χ2n) is 4.70. The molecule has 0 saturated heterocycles. The maximum Gasteiger partial charge on any atom is 0.127 e. The summed E-state index contributed by atoms with van der Waals surface area (Å²) in [6.07, 6.45) is 2.28. The lowest BCUT2D eigenvalue weighted by molar-refractivity contribution is -0.617.